The zero-order valence-electron chi connectivity index (χ0n) is 10.8. The molecule has 0 aromatic carbocycles. The Bertz CT molecular complexity index is 736. The largest absolute Gasteiger partial charge is 0.300 e. The van der Waals surface area contributed by atoms with Crippen molar-refractivity contribution in [3.63, 3.8) is 0 Å². The van der Waals surface area contributed by atoms with Gasteiger partial charge in [-0.15, -0.1) is 11.3 Å². The summed E-state index contributed by atoms with van der Waals surface area (Å²) >= 11 is 1.48. The Kier molecular flexibility index (Phi) is 3.15. The van der Waals surface area contributed by atoms with Crippen molar-refractivity contribution in [1.29, 1.82) is 0 Å². The second kappa shape index (κ2) is 4.97. The third kappa shape index (κ3) is 2.37. The normalized spacial score (nSPS) is 10.8. The molecule has 0 unspecified atom stereocenters. The molecule has 2 N–H and O–H groups in total. The maximum absolute atomic E-state index is 13.1. The van der Waals surface area contributed by atoms with Gasteiger partial charge in [-0.25, -0.2) is 19.3 Å². The number of H-pyrrole nitrogens is 1. The van der Waals surface area contributed by atoms with Gasteiger partial charge in [-0.05, 0) is 13.8 Å². The molecule has 0 amide bonds. The van der Waals surface area contributed by atoms with Crippen LogP contribution in [0.2, 0.25) is 0 Å². The maximum atomic E-state index is 13.1. The number of aryl methyl sites for hydroxylation is 2. The fraction of sp³-hybridized carbons (Fsp3) is 0.167. The van der Waals surface area contributed by atoms with E-state index in [0.717, 1.165) is 22.3 Å². The Morgan fingerprint density at radius 2 is 2.10 bits per heavy atom. The van der Waals surface area contributed by atoms with Crippen molar-refractivity contribution < 1.29 is 4.39 Å². The van der Waals surface area contributed by atoms with E-state index in [1.165, 1.54) is 11.3 Å². The summed E-state index contributed by atoms with van der Waals surface area (Å²) < 4.78 is 13.1. The number of aromatic nitrogens is 5. The number of nitrogens with zero attached hydrogens (tertiary/aromatic N) is 4. The summed E-state index contributed by atoms with van der Waals surface area (Å²) in [6, 6.07) is 0. The van der Waals surface area contributed by atoms with Gasteiger partial charge in [-0.3, -0.25) is 5.10 Å². The number of nitrogens with one attached hydrogen (secondary N) is 2. The van der Waals surface area contributed by atoms with E-state index in [0.29, 0.717) is 16.8 Å². The first-order valence-corrected chi connectivity index (χ1v) is 6.68. The van der Waals surface area contributed by atoms with Gasteiger partial charge in [0, 0.05) is 16.6 Å². The Morgan fingerprint density at radius 3 is 2.80 bits per heavy atom. The third-order valence-corrected chi connectivity index (χ3v) is 3.59. The molecule has 0 saturated carbocycles. The summed E-state index contributed by atoms with van der Waals surface area (Å²) in [7, 11) is 0. The predicted molar refractivity (Wildman–Crippen MR) is 74.4 cm³/mol. The summed E-state index contributed by atoms with van der Waals surface area (Å²) in [6.07, 6.45) is 4.64. The average Bonchev–Trinajstić information content (AvgIpc) is 3.03. The van der Waals surface area contributed by atoms with Gasteiger partial charge < -0.3 is 5.32 Å². The first-order valence-electron chi connectivity index (χ1n) is 5.86. The topological polar surface area (TPSA) is 79.4 Å². The van der Waals surface area contributed by atoms with E-state index in [4.69, 9.17) is 0 Å². The molecule has 3 aromatic heterocycles. The monoisotopic (exact) mass is 290 g/mol. The quantitative estimate of drug-likeness (QED) is 0.775. The molecule has 0 aliphatic heterocycles. The molecule has 8 heteroatoms. The third-order valence-electron chi connectivity index (χ3n) is 2.71. The summed E-state index contributed by atoms with van der Waals surface area (Å²) in [6.45, 7) is 3.56. The van der Waals surface area contributed by atoms with Crippen molar-refractivity contribution in [2.45, 2.75) is 13.8 Å². The number of hydrogen-bond donors (Lipinski definition) is 2. The standard InChI is InChI=1S/C12H11FN6S/c1-6-9(13)5-14-11(17-6)19-12-18-10(7(2)20-12)8-3-15-16-4-8/h3-5H,1-2H3,(H,15,16)(H,14,17,18,19). The molecular weight excluding hydrogens is 279 g/mol. The van der Waals surface area contributed by atoms with Crippen LogP contribution in [0.3, 0.4) is 0 Å². The highest BCUT2D eigenvalue weighted by Gasteiger charge is 2.12. The summed E-state index contributed by atoms with van der Waals surface area (Å²) in [5.74, 6) is -0.0960. The molecule has 3 aromatic rings. The summed E-state index contributed by atoms with van der Waals surface area (Å²) in [4.78, 5) is 13.4. The minimum absolute atomic E-state index is 0.297. The molecule has 3 rings (SSSR count). The minimum atomic E-state index is -0.426. The maximum Gasteiger partial charge on any atom is 0.229 e. The number of aromatic amines is 1. The Hall–Kier alpha value is -2.35. The predicted octanol–water partition coefficient (Wildman–Crippen LogP) is 2.82. The van der Waals surface area contributed by atoms with Gasteiger partial charge in [0.1, 0.15) is 0 Å². The van der Waals surface area contributed by atoms with Crippen molar-refractivity contribution in [2.24, 2.45) is 0 Å². The van der Waals surface area contributed by atoms with Crippen LogP contribution in [0.4, 0.5) is 15.5 Å². The lowest BCUT2D eigenvalue weighted by Gasteiger charge is -2.01. The molecule has 0 aliphatic carbocycles. The van der Waals surface area contributed by atoms with Crippen molar-refractivity contribution in [2.75, 3.05) is 5.32 Å². The number of anilines is 2. The Morgan fingerprint density at radius 1 is 1.25 bits per heavy atom. The Balaban J connectivity index is 1.88. The van der Waals surface area contributed by atoms with Gasteiger partial charge >= 0.3 is 0 Å². The Labute approximate surface area is 118 Å². The molecule has 0 saturated heterocycles. The number of rotatable bonds is 3. The average molecular weight is 290 g/mol. The van der Waals surface area contributed by atoms with Gasteiger partial charge in [-0.1, -0.05) is 0 Å². The second-order valence-electron chi connectivity index (χ2n) is 4.16. The summed E-state index contributed by atoms with van der Waals surface area (Å²) in [5.41, 5.74) is 2.07. The van der Waals surface area contributed by atoms with Crippen LogP contribution < -0.4 is 5.32 Å². The zero-order chi connectivity index (χ0) is 14.1. The first kappa shape index (κ1) is 12.7. The molecule has 102 valence electrons. The molecule has 0 bridgehead atoms. The van der Waals surface area contributed by atoms with Gasteiger partial charge in [0.2, 0.25) is 5.95 Å². The molecule has 0 spiro atoms. The van der Waals surface area contributed by atoms with Gasteiger partial charge in [0.25, 0.3) is 0 Å². The van der Waals surface area contributed by atoms with Crippen LogP contribution in [0, 0.1) is 19.7 Å². The fourth-order valence-corrected chi connectivity index (χ4v) is 2.54. The van der Waals surface area contributed by atoms with Crippen molar-refractivity contribution in [3.05, 3.63) is 35.0 Å². The number of halogens is 1. The summed E-state index contributed by atoms with van der Waals surface area (Å²) in [5, 5.41) is 10.3. The lowest BCUT2D eigenvalue weighted by atomic mass is 10.2. The fourth-order valence-electron chi connectivity index (χ4n) is 1.71. The molecule has 0 fully saturated rings. The first-order chi connectivity index (χ1) is 9.63. The molecule has 0 atom stereocenters. The van der Waals surface area contributed by atoms with Crippen LogP contribution in [0.15, 0.2) is 18.6 Å². The lowest BCUT2D eigenvalue weighted by Crippen LogP contribution is -1.99. The number of thiazole rings is 1. The van der Waals surface area contributed by atoms with Gasteiger partial charge in [0.15, 0.2) is 10.9 Å². The highest BCUT2D eigenvalue weighted by Crippen LogP contribution is 2.30. The van der Waals surface area contributed by atoms with Crippen LogP contribution in [0.5, 0.6) is 0 Å². The van der Waals surface area contributed by atoms with E-state index in [1.54, 1.807) is 19.3 Å². The highest BCUT2D eigenvalue weighted by atomic mass is 32.1. The van der Waals surface area contributed by atoms with E-state index in [1.807, 2.05) is 6.92 Å². The van der Waals surface area contributed by atoms with E-state index < -0.39 is 5.82 Å². The van der Waals surface area contributed by atoms with Gasteiger partial charge in [-0.2, -0.15) is 5.10 Å². The highest BCUT2D eigenvalue weighted by molar-refractivity contribution is 7.16. The molecule has 0 radical (unpaired) electrons. The minimum Gasteiger partial charge on any atom is -0.300 e. The SMILES string of the molecule is Cc1nc(Nc2nc(-c3cn[nH]c3)c(C)s2)ncc1F. The molecule has 3 heterocycles. The van der Waals surface area contributed by atoms with Crippen LogP contribution in [-0.4, -0.2) is 25.1 Å². The van der Waals surface area contributed by atoms with Crippen molar-refractivity contribution in [1.82, 2.24) is 25.1 Å². The van der Waals surface area contributed by atoms with Crippen molar-refractivity contribution in [3.8, 4) is 11.3 Å². The number of hydrogen-bond acceptors (Lipinski definition) is 6. The van der Waals surface area contributed by atoms with Crippen molar-refractivity contribution >= 4 is 22.4 Å². The zero-order valence-corrected chi connectivity index (χ0v) is 11.6. The smallest absolute Gasteiger partial charge is 0.229 e. The van der Waals surface area contributed by atoms with E-state index in [2.05, 4.69) is 30.5 Å². The lowest BCUT2D eigenvalue weighted by molar-refractivity contribution is 0.602. The van der Waals surface area contributed by atoms with E-state index in [9.17, 15) is 4.39 Å². The van der Waals surface area contributed by atoms with Gasteiger partial charge in [0.05, 0.1) is 23.8 Å². The van der Waals surface area contributed by atoms with E-state index >= 15 is 0 Å². The molecule has 0 aliphatic rings. The van der Waals surface area contributed by atoms with E-state index in [-0.39, 0.29) is 0 Å². The van der Waals surface area contributed by atoms with Crippen LogP contribution >= 0.6 is 11.3 Å². The second-order valence-corrected chi connectivity index (χ2v) is 5.37. The molecular formula is C12H11FN6S. The van der Waals surface area contributed by atoms with Crippen LogP contribution in [-0.2, 0) is 0 Å². The van der Waals surface area contributed by atoms with Crippen LogP contribution in [0.1, 0.15) is 10.6 Å². The molecule has 20 heavy (non-hydrogen) atoms. The molecule has 6 nitrogen and oxygen atoms in total. The van der Waals surface area contributed by atoms with Crippen LogP contribution in [0.25, 0.3) is 11.3 Å².